The summed E-state index contributed by atoms with van der Waals surface area (Å²) in [6.07, 6.45) is 2.88. The van der Waals surface area contributed by atoms with Crippen molar-refractivity contribution in [3.05, 3.63) is 66.0 Å². The van der Waals surface area contributed by atoms with E-state index in [1.165, 1.54) is 5.56 Å². The molecule has 0 spiro atoms. The molecule has 6 heteroatoms. The molecular weight excluding hydrogens is 352 g/mol. The lowest BCUT2D eigenvalue weighted by molar-refractivity contribution is -0.129. The SMILES string of the molecule is CN(CCCNC(=O)[C@@H]1CC(=O)N(Cc2ccccn2)C1)Cc1ccccc1. The number of hydrogen-bond acceptors (Lipinski definition) is 4. The van der Waals surface area contributed by atoms with E-state index in [0.717, 1.165) is 25.2 Å². The predicted molar refractivity (Wildman–Crippen MR) is 108 cm³/mol. The van der Waals surface area contributed by atoms with Gasteiger partial charge in [0.15, 0.2) is 0 Å². The van der Waals surface area contributed by atoms with Crippen LogP contribution in [0, 0.1) is 5.92 Å². The van der Waals surface area contributed by atoms with Crippen LogP contribution in [0.25, 0.3) is 0 Å². The van der Waals surface area contributed by atoms with Crippen molar-refractivity contribution in [1.29, 1.82) is 0 Å². The summed E-state index contributed by atoms with van der Waals surface area (Å²) >= 11 is 0. The topological polar surface area (TPSA) is 65.5 Å². The molecule has 28 heavy (non-hydrogen) atoms. The molecule has 2 heterocycles. The summed E-state index contributed by atoms with van der Waals surface area (Å²) in [6.45, 7) is 3.37. The van der Waals surface area contributed by atoms with E-state index < -0.39 is 0 Å². The summed E-state index contributed by atoms with van der Waals surface area (Å²) < 4.78 is 0. The maximum Gasteiger partial charge on any atom is 0.225 e. The van der Waals surface area contributed by atoms with E-state index in [2.05, 4.69) is 34.4 Å². The van der Waals surface area contributed by atoms with Gasteiger partial charge in [0.25, 0.3) is 0 Å². The second kappa shape index (κ2) is 9.99. The molecule has 2 aromatic rings. The van der Waals surface area contributed by atoms with Crippen molar-refractivity contribution in [2.75, 3.05) is 26.7 Å². The molecule has 1 aliphatic heterocycles. The molecule has 2 amide bonds. The van der Waals surface area contributed by atoms with Crippen LogP contribution in [0.15, 0.2) is 54.7 Å². The number of nitrogens with zero attached hydrogens (tertiary/aromatic N) is 3. The molecule has 1 atom stereocenters. The van der Waals surface area contributed by atoms with Gasteiger partial charge in [-0.15, -0.1) is 0 Å². The van der Waals surface area contributed by atoms with Crippen molar-refractivity contribution >= 4 is 11.8 Å². The van der Waals surface area contributed by atoms with E-state index in [1.807, 2.05) is 36.4 Å². The van der Waals surface area contributed by atoms with Crippen molar-refractivity contribution in [2.45, 2.75) is 25.9 Å². The van der Waals surface area contributed by atoms with E-state index >= 15 is 0 Å². The van der Waals surface area contributed by atoms with Crippen LogP contribution in [0.3, 0.4) is 0 Å². The first-order valence-corrected chi connectivity index (χ1v) is 9.79. The average molecular weight is 380 g/mol. The van der Waals surface area contributed by atoms with Crippen molar-refractivity contribution < 1.29 is 9.59 Å². The molecule has 1 N–H and O–H groups in total. The van der Waals surface area contributed by atoms with Gasteiger partial charge in [-0.2, -0.15) is 0 Å². The molecule has 1 aliphatic rings. The summed E-state index contributed by atoms with van der Waals surface area (Å²) in [5, 5.41) is 2.99. The number of carbonyl (C=O) groups is 2. The van der Waals surface area contributed by atoms with Gasteiger partial charge in [0.05, 0.1) is 18.2 Å². The van der Waals surface area contributed by atoms with E-state index in [9.17, 15) is 9.59 Å². The van der Waals surface area contributed by atoms with Crippen LogP contribution < -0.4 is 5.32 Å². The van der Waals surface area contributed by atoms with Crippen LogP contribution in [0.2, 0.25) is 0 Å². The molecule has 0 aliphatic carbocycles. The van der Waals surface area contributed by atoms with Crippen LogP contribution in [0.1, 0.15) is 24.1 Å². The third-order valence-electron chi connectivity index (χ3n) is 4.98. The van der Waals surface area contributed by atoms with Crippen molar-refractivity contribution in [2.24, 2.45) is 5.92 Å². The van der Waals surface area contributed by atoms with Gasteiger partial charge in [0.1, 0.15) is 0 Å². The smallest absolute Gasteiger partial charge is 0.225 e. The van der Waals surface area contributed by atoms with Crippen LogP contribution in [0.5, 0.6) is 0 Å². The molecule has 1 aromatic heterocycles. The molecule has 148 valence electrons. The minimum Gasteiger partial charge on any atom is -0.356 e. The molecule has 1 saturated heterocycles. The normalized spacial score (nSPS) is 16.6. The van der Waals surface area contributed by atoms with Crippen LogP contribution in [-0.2, 0) is 22.7 Å². The van der Waals surface area contributed by atoms with Crippen molar-refractivity contribution in [3.8, 4) is 0 Å². The van der Waals surface area contributed by atoms with Crippen molar-refractivity contribution in [1.82, 2.24) is 20.1 Å². The van der Waals surface area contributed by atoms with E-state index in [0.29, 0.717) is 19.6 Å². The zero-order chi connectivity index (χ0) is 19.8. The van der Waals surface area contributed by atoms with Crippen LogP contribution in [-0.4, -0.2) is 53.3 Å². The molecule has 3 rings (SSSR count). The molecule has 6 nitrogen and oxygen atoms in total. The third kappa shape index (κ3) is 5.89. The van der Waals surface area contributed by atoms with E-state index in [1.54, 1.807) is 11.1 Å². The van der Waals surface area contributed by atoms with Crippen molar-refractivity contribution in [3.63, 3.8) is 0 Å². The molecule has 1 fully saturated rings. The van der Waals surface area contributed by atoms with Gasteiger partial charge in [-0.3, -0.25) is 14.6 Å². The number of likely N-dealkylation sites (tertiary alicyclic amines) is 1. The lowest BCUT2D eigenvalue weighted by Gasteiger charge is -2.18. The van der Waals surface area contributed by atoms with Gasteiger partial charge in [-0.05, 0) is 37.7 Å². The number of nitrogens with one attached hydrogen (secondary N) is 1. The Morgan fingerprint density at radius 3 is 2.75 bits per heavy atom. The number of carbonyl (C=O) groups excluding carboxylic acids is 2. The fourth-order valence-electron chi connectivity index (χ4n) is 3.47. The molecule has 0 radical (unpaired) electrons. The predicted octanol–water partition coefficient (Wildman–Crippen LogP) is 2.07. The minimum atomic E-state index is -0.265. The van der Waals surface area contributed by atoms with E-state index in [-0.39, 0.29) is 24.2 Å². The van der Waals surface area contributed by atoms with Gasteiger partial charge in [0.2, 0.25) is 11.8 Å². The fraction of sp³-hybridized carbons (Fsp3) is 0.409. The summed E-state index contributed by atoms with van der Waals surface area (Å²) in [5.74, 6) is -0.269. The molecular formula is C22H28N4O2. The Hall–Kier alpha value is -2.73. The highest BCUT2D eigenvalue weighted by Gasteiger charge is 2.34. The summed E-state index contributed by atoms with van der Waals surface area (Å²) in [5.41, 5.74) is 2.13. The first-order chi connectivity index (χ1) is 13.6. The first kappa shape index (κ1) is 20.0. The highest BCUT2D eigenvalue weighted by Crippen LogP contribution is 2.19. The third-order valence-corrected chi connectivity index (χ3v) is 4.98. The second-order valence-corrected chi connectivity index (χ2v) is 7.36. The highest BCUT2D eigenvalue weighted by molar-refractivity contribution is 5.89. The lowest BCUT2D eigenvalue weighted by Crippen LogP contribution is -2.34. The average Bonchev–Trinajstić information content (AvgIpc) is 3.07. The number of amides is 2. The Balaban J connectivity index is 1.35. The zero-order valence-corrected chi connectivity index (χ0v) is 16.4. The number of rotatable bonds is 9. The highest BCUT2D eigenvalue weighted by atomic mass is 16.2. The quantitative estimate of drug-likeness (QED) is 0.677. The largest absolute Gasteiger partial charge is 0.356 e. The lowest BCUT2D eigenvalue weighted by atomic mass is 10.1. The summed E-state index contributed by atoms with van der Waals surface area (Å²) in [7, 11) is 2.08. The monoisotopic (exact) mass is 380 g/mol. The summed E-state index contributed by atoms with van der Waals surface area (Å²) in [6, 6.07) is 16.0. The van der Waals surface area contributed by atoms with E-state index in [4.69, 9.17) is 0 Å². The minimum absolute atomic E-state index is 0.0217. The molecule has 0 unspecified atom stereocenters. The first-order valence-electron chi connectivity index (χ1n) is 9.79. The van der Waals surface area contributed by atoms with Crippen LogP contribution >= 0.6 is 0 Å². The Morgan fingerprint density at radius 1 is 1.21 bits per heavy atom. The Labute approximate surface area is 166 Å². The van der Waals surface area contributed by atoms with Gasteiger partial charge in [-0.25, -0.2) is 0 Å². The maximum atomic E-state index is 12.4. The Morgan fingerprint density at radius 2 is 2.00 bits per heavy atom. The number of pyridine rings is 1. The standard InChI is InChI=1S/C22H28N4O2/c1-25(15-18-8-3-2-4-9-18)13-7-12-24-22(28)19-14-21(27)26(16-19)17-20-10-5-6-11-23-20/h2-6,8-11,19H,7,12-17H2,1H3,(H,24,28)/t19-/m1/s1. The second-order valence-electron chi connectivity index (χ2n) is 7.36. The molecule has 0 bridgehead atoms. The Kier molecular flexibility index (Phi) is 7.14. The summed E-state index contributed by atoms with van der Waals surface area (Å²) in [4.78, 5) is 32.8. The maximum absolute atomic E-state index is 12.4. The zero-order valence-electron chi connectivity index (χ0n) is 16.4. The molecule has 1 aromatic carbocycles. The van der Waals surface area contributed by atoms with Crippen LogP contribution in [0.4, 0.5) is 0 Å². The Bertz CT molecular complexity index is 767. The molecule has 0 saturated carbocycles. The van der Waals surface area contributed by atoms with Gasteiger partial charge in [-0.1, -0.05) is 36.4 Å². The van der Waals surface area contributed by atoms with Gasteiger partial charge < -0.3 is 15.1 Å². The van der Waals surface area contributed by atoms with Gasteiger partial charge >= 0.3 is 0 Å². The number of benzene rings is 1. The number of hydrogen-bond donors (Lipinski definition) is 1. The number of aromatic nitrogens is 1. The van der Waals surface area contributed by atoms with Gasteiger partial charge in [0, 0.05) is 32.3 Å². The fourth-order valence-corrected chi connectivity index (χ4v) is 3.47.